The fourth-order valence-corrected chi connectivity index (χ4v) is 6.08. The van der Waals surface area contributed by atoms with E-state index in [2.05, 4.69) is 6.92 Å². The summed E-state index contributed by atoms with van der Waals surface area (Å²) in [5.41, 5.74) is -2.31. The predicted molar refractivity (Wildman–Crippen MR) is 126 cm³/mol. The number of aliphatic hydroxyl groups is 1. The standard InChI is InChI=1S/C26H38N2O6/c1-3-4-8-14-27-15-10-13-26-19(22(30)28(16-11-17-29)21(26)23(27)31)20-24(32)33-18-9-6-5-7-12-25(20,2)34-26/h7,10,12-13,19-21,29H,3-6,8-9,11,14-18H2,1-2H3/b12-7-/t19-,20+,21?,25-,26-/m0/s1. The minimum atomic E-state index is -1.25. The van der Waals surface area contributed by atoms with Gasteiger partial charge in [-0.15, -0.1) is 0 Å². The lowest BCUT2D eigenvalue weighted by Gasteiger charge is -2.37. The number of carbonyl (C=O) groups is 3. The van der Waals surface area contributed by atoms with Gasteiger partial charge in [0.2, 0.25) is 11.8 Å². The Morgan fingerprint density at radius 2 is 1.85 bits per heavy atom. The molecule has 1 spiro atoms. The van der Waals surface area contributed by atoms with Crippen molar-refractivity contribution in [1.82, 2.24) is 9.80 Å². The Balaban J connectivity index is 1.78. The molecular weight excluding hydrogens is 436 g/mol. The quantitative estimate of drug-likeness (QED) is 0.345. The van der Waals surface area contributed by atoms with Gasteiger partial charge in [0.05, 0.1) is 18.1 Å². The van der Waals surface area contributed by atoms with Crippen LogP contribution in [0.4, 0.5) is 0 Å². The molecule has 188 valence electrons. The molecule has 8 nitrogen and oxygen atoms in total. The molecule has 8 heteroatoms. The number of fused-ring (bicyclic) bond motifs is 2. The molecule has 0 aromatic rings. The van der Waals surface area contributed by atoms with Gasteiger partial charge in [-0.05, 0) is 39.0 Å². The van der Waals surface area contributed by atoms with E-state index in [0.29, 0.717) is 26.1 Å². The molecule has 4 aliphatic rings. The molecule has 1 N–H and O–H groups in total. The number of aliphatic hydroxyl groups excluding tert-OH is 1. The number of nitrogens with zero attached hydrogens (tertiary/aromatic N) is 2. The van der Waals surface area contributed by atoms with Crippen molar-refractivity contribution in [2.45, 2.75) is 76.0 Å². The number of amides is 2. The lowest BCUT2D eigenvalue weighted by atomic mass is 9.74. The van der Waals surface area contributed by atoms with E-state index in [9.17, 15) is 19.5 Å². The van der Waals surface area contributed by atoms with Gasteiger partial charge in [-0.1, -0.05) is 44.1 Å². The fraction of sp³-hybridized carbons (Fsp3) is 0.731. The highest BCUT2D eigenvalue weighted by molar-refractivity contribution is 5.99. The van der Waals surface area contributed by atoms with Crippen molar-refractivity contribution in [2.24, 2.45) is 11.8 Å². The third-order valence-electron chi connectivity index (χ3n) is 7.67. The molecule has 0 radical (unpaired) electrons. The molecule has 0 aromatic carbocycles. The number of hydrogen-bond donors (Lipinski definition) is 1. The van der Waals surface area contributed by atoms with E-state index in [1.807, 2.05) is 31.2 Å². The molecule has 4 rings (SSSR count). The van der Waals surface area contributed by atoms with Crippen LogP contribution in [0.3, 0.4) is 0 Å². The van der Waals surface area contributed by atoms with Crippen LogP contribution in [0.5, 0.6) is 0 Å². The fourth-order valence-electron chi connectivity index (χ4n) is 6.08. The first-order chi connectivity index (χ1) is 16.4. The van der Waals surface area contributed by atoms with Crippen LogP contribution in [0.15, 0.2) is 24.3 Å². The van der Waals surface area contributed by atoms with Crippen molar-refractivity contribution in [3.8, 4) is 0 Å². The summed E-state index contributed by atoms with van der Waals surface area (Å²) in [7, 11) is 0. The zero-order chi connectivity index (χ0) is 24.3. The second-order valence-electron chi connectivity index (χ2n) is 10.1. The smallest absolute Gasteiger partial charge is 0.313 e. The highest BCUT2D eigenvalue weighted by Crippen LogP contribution is 2.57. The van der Waals surface area contributed by atoms with Crippen LogP contribution in [0.2, 0.25) is 0 Å². The molecule has 0 saturated carbocycles. The summed E-state index contributed by atoms with van der Waals surface area (Å²) in [5.74, 6) is -2.58. The average molecular weight is 475 g/mol. The molecule has 0 bridgehead atoms. The van der Waals surface area contributed by atoms with Gasteiger partial charge in [0, 0.05) is 26.2 Å². The van der Waals surface area contributed by atoms with E-state index < -0.39 is 35.0 Å². The molecule has 2 saturated heterocycles. The zero-order valence-corrected chi connectivity index (χ0v) is 20.4. The summed E-state index contributed by atoms with van der Waals surface area (Å²) in [4.78, 5) is 44.5. The van der Waals surface area contributed by atoms with Crippen LogP contribution in [-0.4, -0.2) is 82.8 Å². The van der Waals surface area contributed by atoms with Crippen molar-refractivity contribution < 1.29 is 29.0 Å². The van der Waals surface area contributed by atoms with E-state index in [-0.39, 0.29) is 25.0 Å². The lowest BCUT2D eigenvalue weighted by Crippen LogP contribution is -2.56. The molecule has 2 amide bonds. The number of hydrogen-bond acceptors (Lipinski definition) is 6. The molecule has 1 unspecified atom stereocenters. The van der Waals surface area contributed by atoms with E-state index in [1.54, 1.807) is 9.80 Å². The Morgan fingerprint density at radius 3 is 2.62 bits per heavy atom. The highest BCUT2D eigenvalue weighted by atomic mass is 16.6. The molecule has 5 atom stereocenters. The lowest BCUT2D eigenvalue weighted by molar-refractivity contribution is -0.160. The number of likely N-dealkylation sites (tertiary alicyclic amines) is 1. The second-order valence-corrected chi connectivity index (χ2v) is 10.1. The topological polar surface area (TPSA) is 96.4 Å². The second kappa shape index (κ2) is 10.2. The largest absolute Gasteiger partial charge is 0.465 e. The number of ether oxygens (including phenoxy) is 2. The van der Waals surface area contributed by atoms with Gasteiger partial charge in [0.25, 0.3) is 0 Å². The van der Waals surface area contributed by atoms with Crippen LogP contribution < -0.4 is 0 Å². The van der Waals surface area contributed by atoms with Crippen molar-refractivity contribution in [3.63, 3.8) is 0 Å². The Labute approximate surface area is 201 Å². The average Bonchev–Trinajstić information content (AvgIpc) is 3.14. The van der Waals surface area contributed by atoms with Crippen LogP contribution in [-0.2, 0) is 23.9 Å². The van der Waals surface area contributed by atoms with Gasteiger partial charge in [-0.2, -0.15) is 0 Å². The first-order valence-electron chi connectivity index (χ1n) is 12.8. The van der Waals surface area contributed by atoms with Crippen molar-refractivity contribution in [2.75, 3.05) is 32.8 Å². The maximum absolute atomic E-state index is 13.9. The number of allylic oxidation sites excluding steroid dienone is 1. The van der Waals surface area contributed by atoms with Crippen molar-refractivity contribution in [3.05, 3.63) is 24.3 Å². The van der Waals surface area contributed by atoms with Crippen LogP contribution in [0.25, 0.3) is 0 Å². The monoisotopic (exact) mass is 474 g/mol. The maximum atomic E-state index is 13.9. The van der Waals surface area contributed by atoms with Gasteiger partial charge in [-0.3, -0.25) is 14.4 Å². The molecule has 4 heterocycles. The summed E-state index contributed by atoms with van der Waals surface area (Å²) >= 11 is 0. The number of unbranched alkanes of at least 4 members (excludes halogenated alkanes) is 2. The molecule has 4 aliphatic heterocycles. The van der Waals surface area contributed by atoms with Gasteiger partial charge < -0.3 is 24.4 Å². The Kier molecular flexibility index (Phi) is 7.48. The SMILES string of the molecule is CCCCCN1CC=C[C@]23O[C@@]4(C)/C=C\CCCCOC(=O)[C@H]4[C@H]2C(=O)N(CCCO)C3C1=O. The zero-order valence-electron chi connectivity index (χ0n) is 20.4. The third-order valence-corrected chi connectivity index (χ3v) is 7.67. The number of cyclic esters (lactones) is 1. The molecule has 0 aliphatic carbocycles. The van der Waals surface area contributed by atoms with Crippen LogP contribution >= 0.6 is 0 Å². The summed E-state index contributed by atoms with van der Waals surface area (Å²) in [5, 5.41) is 9.46. The highest BCUT2D eigenvalue weighted by Gasteiger charge is 2.74. The summed E-state index contributed by atoms with van der Waals surface area (Å²) in [6, 6.07) is -0.868. The third kappa shape index (κ3) is 4.19. The van der Waals surface area contributed by atoms with Gasteiger partial charge in [0.15, 0.2) is 0 Å². The van der Waals surface area contributed by atoms with Gasteiger partial charge in [-0.25, -0.2) is 0 Å². The Hall–Kier alpha value is -2.19. The number of carbonyl (C=O) groups excluding carboxylic acids is 3. The first kappa shape index (κ1) is 24.9. The van der Waals surface area contributed by atoms with E-state index >= 15 is 0 Å². The van der Waals surface area contributed by atoms with E-state index in [4.69, 9.17) is 9.47 Å². The first-order valence-corrected chi connectivity index (χ1v) is 12.8. The minimum Gasteiger partial charge on any atom is -0.465 e. The molecule has 34 heavy (non-hydrogen) atoms. The number of esters is 1. The predicted octanol–water partition coefficient (Wildman–Crippen LogP) is 2.21. The van der Waals surface area contributed by atoms with Crippen molar-refractivity contribution in [1.29, 1.82) is 0 Å². The summed E-state index contributed by atoms with van der Waals surface area (Å²) < 4.78 is 12.3. The Morgan fingerprint density at radius 1 is 1.03 bits per heavy atom. The van der Waals surface area contributed by atoms with E-state index in [0.717, 1.165) is 38.5 Å². The van der Waals surface area contributed by atoms with Crippen molar-refractivity contribution >= 4 is 17.8 Å². The van der Waals surface area contributed by atoms with E-state index in [1.165, 1.54) is 0 Å². The van der Waals surface area contributed by atoms with Crippen LogP contribution in [0, 0.1) is 11.8 Å². The normalized spacial score (nSPS) is 36.6. The maximum Gasteiger partial charge on any atom is 0.313 e. The molecule has 0 aromatic heterocycles. The van der Waals surface area contributed by atoms with Gasteiger partial charge in [0.1, 0.15) is 17.6 Å². The minimum absolute atomic E-state index is 0.0921. The Bertz CT molecular complexity index is 856. The van der Waals surface area contributed by atoms with Crippen LogP contribution in [0.1, 0.15) is 58.8 Å². The number of rotatable bonds is 7. The molecular formula is C26H38N2O6. The summed E-state index contributed by atoms with van der Waals surface area (Å²) in [6.45, 7) is 5.45. The summed E-state index contributed by atoms with van der Waals surface area (Å²) in [6.07, 6.45) is 13.5. The van der Waals surface area contributed by atoms with Gasteiger partial charge >= 0.3 is 5.97 Å². The molecule has 2 fully saturated rings.